The minimum atomic E-state index is 0.589. The summed E-state index contributed by atoms with van der Waals surface area (Å²) in [5.74, 6) is 2.00. The van der Waals surface area contributed by atoms with Gasteiger partial charge in [-0.2, -0.15) is 0 Å². The molecule has 0 N–H and O–H groups in total. The smallest absolute Gasteiger partial charge is 0.0197 e. The Labute approximate surface area is 83.7 Å². The molecule has 0 fully saturated rings. The second kappa shape index (κ2) is 6.01. The summed E-state index contributed by atoms with van der Waals surface area (Å²) >= 11 is 0. The lowest BCUT2D eigenvalue weighted by Gasteiger charge is -2.21. The molecule has 0 saturated heterocycles. The Kier molecular flexibility index (Phi) is 5.77. The monoisotopic (exact) mass is 180 g/mol. The first-order chi connectivity index (χ1) is 5.99. The van der Waals surface area contributed by atoms with Crippen molar-refractivity contribution < 1.29 is 0 Å². The zero-order chi connectivity index (χ0) is 10.4. The van der Waals surface area contributed by atoms with Gasteiger partial charge in [0.1, 0.15) is 0 Å². The molecule has 0 aromatic rings. The van der Waals surface area contributed by atoms with Crippen LogP contribution in [0.4, 0.5) is 0 Å². The van der Waals surface area contributed by atoms with Gasteiger partial charge in [0.25, 0.3) is 0 Å². The Hall–Kier alpha value is -0.520. The maximum absolute atomic E-state index is 4.18. The lowest BCUT2D eigenvalue weighted by molar-refractivity contribution is 0.451. The topological polar surface area (TPSA) is 0 Å². The summed E-state index contributed by atoms with van der Waals surface area (Å²) in [6.45, 7) is 17.0. The molecular weight excluding hydrogens is 156 g/mol. The second-order valence-corrected chi connectivity index (χ2v) is 4.53. The van der Waals surface area contributed by atoms with Gasteiger partial charge in [-0.3, -0.25) is 0 Å². The van der Waals surface area contributed by atoms with Crippen molar-refractivity contribution in [1.82, 2.24) is 0 Å². The van der Waals surface area contributed by atoms with Crippen LogP contribution in [0.3, 0.4) is 0 Å². The molecule has 0 aliphatic heterocycles. The third-order valence-electron chi connectivity index (χ3n) is 2.61. The van der Waals surface area contributed by atoms with Gasteiger partial charge >= 0.3 is 0 Å². The normalized spacial score (nSPS) is 15.5. The zero-order valence-electron chi connectivity index (χ0n) is 9.64. The maximum Gasteiger partial charge on any atom is -0.0197 e. The fourth-order valence-corrected chi connectivity index (χ4v) is 1.75. The van der Waals surface area contributed by atoms with Gasteiger partial charge in [0.05, 0.1) is 0 Å². The largest absolute Gasteiger partial charge is 0.103 e. The van der Waals surface area contributed by atoms with Crippen molar-refractivity contribution in [3.05, 3.63) is 24.8 Å². The lowest BCUT2D eigenvalue weighted by atomic mass is 9.84. The number of allylic oxidation sites excluding steroid dienone is 2. The van der Waals surface area contributed by atoms with E-state index in [4.69, 9.17) is 0 Å². The SMILES string of the molecule is C=CCC(C)C(=C)C(C)CC(C)C. The van der Waals surface area contributed by atoms with Crippen molar-refractivity contribution >= 4 is 0 Å². The fraction of sp³-hybridized carbons (Fsp3) is 0.692. The van der Waals surface area contributed by atoms with Crippen LogP contribution in [-0.2, 0) is 0 Å². The van der Waals surface area contributed by atoms with Crippen molar-refractivity contribution in [3.8, 4) is 0 Å². The summed E-state index contributed by atoms with van der Waals surface area (Å²) in [5, 5.41) is 0. The summed E-state index contributed by atoms with van der Waals surface area (Å²) in [4.78, 5) is 0. The van der Waals surface area contributed by atoms with E-state index in [1.165, 1.54) is 12.0 Å². The molecule has 0 spiro atoms. The molecule has 0 radical (unpaired) electrons. The average Bonchev–Trinajstić information content (AvgIpc) is 2.02. The predicted molar refractivity (Wildman–Crippen MR) is 61.7 cm³/mol. The molecule has 0 heterocycles. The first-order valence-electron chi connectivity index (χ1n) is 5.28. The van der Waals surface area contributed by atoms with Gasteiger partial charge in [0, 0.05) is 0 Å². The number of hydrogen-bond donors (Lipinski definition) is 0. The van der Waals surface area contributed by atoms with Crippen molar-refractivity contribution in [3.63, 3.8) is 0 Å². The molecule has 0 rings (SSSR count). The molecule has 0 heteroatoms. The van der Waals surface area contributed by atoms with E-state index in [9.17, 15) is 0 Å². The van der Waals surface area contributed by atoms with E-state index < -0.39 is 0 Å². The molecule has 0 saturated carbocycles. The van der Waals surface area contributed by atoms with E-state index >= 15 is 0 Å². The van der Waals surface area contributed by atoms with Crippen LogP contribution >= 0.6 is 0 Å². The Morgan fingerprint density at radius 3 is 2.08 bits per heavy atom. The molecule has 0 aliphatic carbocycles. The van der Waals surface area contributed by atoms with Crippen molar-refractivity contribution in [1.29, 1.82) is 0 Å². The molecule has 0 bridgehead atoms. The second-order valence-electron chi connectivity index (χ2n) is 4.53. The average molecular weight is 180 g/mol. The molecule has 0 nitrogen and oxygen atoms in total. The quantitative estimate of drug-likeness (QED) is 0.530. The van der Waals surface area contributed by atoms with Crippen LogP contribution in [0.25, 0.3) is 0 Å². The summed E-state index contributed by atoms with van der Waals surface area (Å²) in [6, 6.07) is 0. The molecule has 76 valence electrons. The molecular formula is C13H24. The van der Waals surface area contributed by atoms with Gasteiger partial charge in [0.15, 0.2) is 0 Å². The van der Waals surface area contributed by atoms with Crippen LogP contribution in [0.1, 0.15) is 40.5 Å². The Bertz CT molecular complexity index is 165. The number of rotatable bonds is 6. The van der Waals surface area contributed by atoms with Gasteiger partial charge < -0.3 is 0 Å². The molecule has 0 aromatic heterocycles. The Morgan fingerprint density at radius 1 is 1.15 bits per heavy atom. The maximum atomic E-state index is 4.18. The highest BCUT2D eigenvalue weighted by atomic mass is 14.2. The zero-order valence-corrected chi connectivity index (χ0v) is 9.64. The van der Waals surface area contributed by atoms with Crippen LogP contribution in [0, 0.1) is 17.8 Å². The summed E-state index contributed by atoms with van der Waals surface area (Å²) in [7, 11) is 0. The van der Waals surface area contributed by atoms with E-state index in [2.05, 4.69) is 40.9 Å². The minimum absolute atomic E-state index is 0.589. The van der Waals surface area contributed by atoms with Gasteiger partial charge in [-0.1, -0.05) is 45.9 Å². The fourth-order valence-electron chi connectivity index (χ4n) is 1.75. The van der Waals surface area contributed by atoms with Crippen molar-refractivity contribution in [2.24, 2.45) is 17.8 Å². The Morgan fingerprint density at radius 2 is 1.69 bits per heavy atom. The first kappa shape index (κ1) is 12.5. The van der Waals surface area contributed by atoms with Gasteiger partial charge in [-0.15, -0.1) is 6.58 Å². The summed E-state index contributed by atoms with van der Waals surface area (Å²) in [6.07, 6.45) is 4.29. The number of hydrogen-bond acceptors (Lipinski definition) is 0. The van der Waals surface area contributed by atoms with Crippen LogP contribution < -0.4 is 0 Å². The lowest BCUT2D eigenvalue weighted by Crippen LogP contribution is -2.09. The molecule has 2 atom stereocenters. The Balaban J connectivity index is 4.00. The highest BCUT2D eigenvalue weighted by Gasteiger charge is 2.13. The van der Waals surface area contributed by atoms with E-state index in [0.29, 0.717) is 11.8 Å². The summed E-state index contributed by atoms with van der Waals surface area (Å²) < 4.78 is 0. The van der Waals surface area contributed by atoms with Crippen LogP contribution in [0.5, 0.6) is 0 Å². The van der Waals surface area contributed by atoms with Crippen molar-refractivity contribution in [2.75, 3.05) is 0 Å². The highest BCUT2D eigenvalue weighted by Crippen LogP contribution is 2.26. The highest BCUT2D eigenvalue weighted by molar-refractivity contribution is 5.05. The minimum Gasteiger partial charge on any atom is -0.103 e. The first-order valence-corrected chi connectivity index (χ1v) is 5.28. The van der Waals surface area contributed by atoms with Gasteiger partial charge in [-0.25, -0.2) is 0 Å². The van der Waals surface area contributed by atoms with Gasteiger partial charge in [0.2, 0.25) is 0 Å². The molecule has 2 unspecified atom stereocenters. The molecule has 0 aromatic carbocycles. The molecule has 13 heavy (non-hydrogen) atoms. The van der Waals surface area contributed by atoms with Crippen LogP contribution in [0.2, 0.25) is 0 Å². The van der Waals surface area contributed by atoms with Crippen LogP contribution in [0.15, 0.2) is 24.8 Å². The molecule has 0 aliphatic rings. The third-order valence-corrected chi connectivity index (χ3v) is 2.61. The summed E-state index contributed by atoms with van der Waals surface area (Å²) in [5.41, 5.74) is 1.38. The van der Waals surface area contributed by atoms with E-state index in [-0.39, 0.29) is 0 Å². The van der Waals surface area contributed by atoms with E-state index in [0.717, 1.165) is 12.3 Å². The standard InChI is InChI=1S/C13H24/c1-7-8-11(4)13(6)12(5)9-10(2)3/h7,10-12H,1,6,8-9H2,2-5H3. The predicted octanol–water partition coefficient (Wildman–Crippen LogP) is 4.44. The van der Waals surface area contributed by atoms with Gasteiger partial charge in [-0.05, 0) is 30.6 Å². The van der Waals surface area contributed by atoms with E-state index in [1.807, 2.05) is 6.08 Å². The third kappa shape index (κ3) is 4.92. The van der Waals surface area contributed by atoms with E-state index in [1.54, 1.807) is 0 Å². The molecule has 0 amide bonds. The van der Waals surface area contributed by atoms with Crippen molar-refractivity contribution in [2.45, 2.75) is 40.5 Å². The van der Waals surface area contributed by atoms with Crippen LogP contribution in [-0.4, -0.2) is 0 Å².